The molecule has 9 N–H and O–H groups in total. The second-order valence-corrected chi connectivity index (χ2v) is 22.1. The number of nitro groups is 1. The molecule has 5 fully saturated rings. The fraction of sp³-hybridized carbons (Fsp3) is 0.333. The number of rotatable bonds is 8. The number of aromatic nitrogens is 5. The number of carbonyl (C=O) groups excluding carboxylic acids is 7. The molecule has 7 aromatic rings. The molecule has 5 aromatic heterocycles. The van der Waals surface area contributed by atoms with Crippen molar-refractivity contribution in [3.05, 3.63) is 208 Å². The predicted octanol–water partition coefficient (Wildman–Crippen LogP) is 1.30. The van der Waals surface area contributed by atoms with Gasteiger partial charge in [0.15, 0.2) is 5.75 Å². The Morgan fingerprint density at radius 3 is 1.06 bits per heavy atom. The van der Waals surface area contributed by atoms with Crippen LogP contribution in [0.15, 0.2) is 158 Å². The number of pyridine rings is 5. The van der Waals surface area contributed by atoms with Crippen LogP contribution in [0.3, 0.4) is 0 Å². The standard InChI is InChI=1S/C17H16N4O5.C17H18N4O3.C11H15N3O.C10H13N3O.C6H5NO2.C5H12N2/c22-15-12(4-3-6-14(15)21(25)26)16(23)19-8-10-20(11-9-19)17(24)13-5-1-2-7-18-13;18-13-5-3-4-12(15(13)22)16(23)20-8-10-21(11-9-20)17(24)14-6-1-2-7-19-14;1-13-6-8-14(9-7-13)11(15)10-4-2-3-5-12-10;14-10(9-3-1-2-4-12-9)13-7-5-11-6-8-13;8-6(9)5-3-1-2-4-7-5;1-7-4-2-6-3-5-7/h1-7,22H,8-11H2;1-7,22H,8-11,18H2;2-5H,6-9H2,1H3;1-4,11H,5-8H2;1-4H,(H,8,9);6H,2-5H2,1H3/p+2. The predicted molar refractivity (Wildman–Crippen MR) is 351 cm³/mol. The number of piperazine rings is 5. The Morgan fingerprint density at radius 2 is 0.747 bits per heavy atom. The Hall–Kier alpha value is -10.9. The Balaban J connectivity index is 0.000000169. The lowest BCUT2D eigenvalue weighted by atomic mass is 10.1. The number of nitrogens with zero attached hydrogens (tertiary/aromatic N) is 14. The van der Waals surface area contributed by atoms with Crippen molar-refractivity contribution in [2.24, 2.45) is 0 Å². The summed E-state index contributed by atoms with van der Waals surface area (Å²) in [5.41, 5.74) is 7.35. The van der Waals surface area contributed by atoms with Crippen LogP contribution in [0.2, 0.25) is 0 Å². The molecule has 95 heavy (non-hydrogen) atoms. The van der Waals surface area contributed by atoms with E-state index in [-0.39, 0.29) is 70.9 Å². The van der Waals surface area contributed by atoms with Gasteiger partial charge in [-0.1, -0.05) is 42.5 Å². The number of carbonyl (C=O) groups is 7. The number of phenols is 2. The number of aromatic hydroxyl groups is 2. The number of para-hydroxylation sites is 2. The van der Waals surface area contributed by atoms with Gasteiger partial charge < -0.3 is 66.0 Å². The van der Waals surface area contributed by atoms with E-state index in [0.29, 0.717) is 62.0 Å². The molecule has 0 bridgehead atoms. The van der Waals surface area contributed by atoms with Gasteiger partial charge in [0.05, 0.1) is 34.8 Å². The molecule has 2 aromatic carbocycles. The summed E-state index contributed by atoms with van der Waals surface area (Å²) in [6.07, 6.45) is 7.91. The first-order chi connectivity index (χ1) is 45.9. The third kappa shape index (κ3) is 21.6. The van der Waals surface area contributed by atoms with Crippen LogP contribution >= 0.6 is 0 Å². The summed E-state index contributed by atoms with van der Waals surface area (Å²) in [5, 5.41) is 43.0. The third-order valence-corrected chi connectivity index (χ3v) is 15.5. The monoisotopic (exact) mass is 1300 g/mol. The molecule has 500 valence electrons. The zero-order valence-electron chi connectivity index (χ0n) is 53.1. The lowest BCUT2D eigenvalue weighted by Crippen LogP contribution is -2.89. The number of nitrogens with two attached hydrogens (primary N) is 2. The van der Waals surface area contributed by atoms with Crippen LogP contribution in [-0.2, 0) is 0 Å². The number of nitrogens with one attached hydrogen (secondary N) is 1. The van der Waals surface area contributed by atoms with Crippen molar-refractivity contribution in [3.8, 4) is 11.5 Å². The number of amides is 6. The zero-order chi connectivity index (χ0) is 68.1. The van der Waals surface area contributed by atoms with Crippen molar-refractivity contribution in [3.63, 3.8) is 0 Å². The van der Waals surface area contributed by atoms with E-state index >= 15 is 0 Å². The van der Waals surface area contributed by atoms with E-state index in [1.807, 2.05) is 34.1 Å². The molecular formula is C66H81N17O12+2. The second-order valence-electron chi connectivity index (χ2n) is 22.1. The van der Waals surface area contributed by atoms with Gasteiger partial charge in [0.25, 0.3) is 35.4 Å². The molecule has 5 aliphatic rings. The molecule has 5 saturated heterocycles. The van der Waals surface area contributed by atoms with Crippen molar-refractivity contribution in [1.29, 1.82) is 0 Å². The highest BCUT2D eigenvalue weighted by Crippen LogP contribution is 2.31. The van der Waals surface area contributed by atoms with Gasteiger partial charge in [-0.2, -0.15) is 0 Å². The molecule has 10 heterocycles. The summed E-state index contributed by atoms with van der Waals surface area (Å²) >= 11 is 0. The molecule has 12 rings (SSSR count). The van der Waals surface area contributed by atoms with Crippen LogP contribution in [0.25, 0.3) is 0 Å². The first-order valence-corrected chi connectivity index (χ1v) is 30.9. The quantitative estimate of drug-likeness (QED) is 0.0470. The van der Waals surface area contributed by atoms with Gasteiger partial charge in [0.2, 0.25) is 11.4 Å². The molecule has 0 unspecified atom stereocenters. The lowest BCUT2D eigenvalue weighted by Gasteiger charge is -2.34. The Morgan fingerprint density at radius 1 is 0.432 bits per heavy atom. The number of hydrogen-bond acceptors (Lipinski definition) is 20. The minimum absolute atomic E-state index is 0.0344. The number of phenolic OH excluding ortho intramolecular Hbond substituents is 2. The van der Waals surface area contributed by atoms with Gasteiger partial charge >= 0.3 is 11.7 Å². The van der Waals surface area contributed by atoms with Crippen molar-refractivity contribution in [1.82, 2.24) is 69.4 Å². The number of nitro benzene ring substituents is 1. The molecule has 5 aliphatic heterocycles. The zero-order valence-corrected chi connectivity index (χ0v) is 53.1. The largest absolute Gasteiger partial charge is 0.567 e. The molecule has 0 saturated carbocycles. The van der Waals surface area contributed by atoms with Gasteiger partial charge in [0, 0.05) is 160 Å². The maximum absolute atomic E-state index is 12.6. The maximum atomic E-state index is 12.6. The Labute approximate surface area is 549 Å². The second kappa shape index (κ2) is 37.0. The Bertz CT molecular complexity index is 3610. The van der Waals surface area contributed by atoms with E-state index in [2.05, 4.69) is 59.4 Å². The summed E-state index contributed by atoms with van der Waals surface area (Å²) < 4.78 is 0. The SMILES string of the molecule is CN1CCN(C(=O)c2ccccn2)CC1.CN1CC[NH2+]CC1.Nc1cccc(C(=O)N2CCN(C(=O)c3ccccn3)CC2)c1O.O=C([OH2+])c1ccccn1.O=C(c1ccccn1)N1CCN(C(=O)c2cccc([N+](=O)[O-])c2O)CC1.O=C(c1ccccn1)N1CCNCC1. The van der Waals surface area contributed by atoms with E-state index in [1.165, 1.54) is 67.7 Å². The lowest BCUT2D eigenvalue weighted by molar-refractivity contribution is -0.662. The summed E-state index contributed by atoms with van der Waals surface area (Å²) in [7, 11) is 4.25. The van der Waals surface area contributed by atoms with E-state index in [4.69, 9.17) is 10.8 Å². The van der Waals surface area contributed by atoms with Crippen LogP contribution in [0.4, 0.5) is 11.4 Å². The van der Waals surface area contributed by atoms with Crippen molar-refractivity contribution in [2.45, 2.75) is 0 Å². The number of benzene rings is 2. The van der Waals surface area contributed by atoms with Gasteiger partial charge in [-0.25, -0.2) is 4.98 Å². The first-order valence-electron chi connectivity index (χ1n) is 30.9. The fourth-order valence-electron chi connectivity index (χ4n) is 10.0. The smallest absolute Gasteiger partial charge is 0.560 e. The van der Waals surface area contributed by atoms with E-state index in [1.54, 1.807) is 106 Å². The molecule has 0 atom stereocenters. The van der Waals surface area contributed by atoms with Crippen molar-refractivity contribution < 1.29 is 59.1 Å². The molecule has 29 nitrogen and oxygen atoms in total. The van der Waals surface area contributed by atoms with Crippen LogP contribution in [0, 0.1) is 10.1 Å². The number of likely N-dealkylation sites (N-methyl/N-ethyl adjacent to an activating group) is 2. The van der Waals surface area contributed by atoms with Gasteiger partial charge in [-0.05, 0) is 93.0 Å². The topological polar surface area (TPSA) is 371 Å². The van der Waals surface area contributed by atoms with E-state index < -0.39 is 28.2 Å². The van der Waals surface area contributed by atoms with Crippen LogP contribution in [-0.4, -0.2) is 271 Å². The summed E-state index contributed by atoms with van der Waals surface area (Å²) in [6, 6.07) is 34.5. The van der Waals surface area contributed by atoms with Crippen LogP contribution < -0.4 is 16.4 Å². The van der Waals surface area contributed by atoms with Crippen molar-refractivity contribution >= 4 is 52.8 Å². The molecule has 29 heteroatoms. The molecule has 0 radical (unpaired) electrons. The van der Waals surface area contributed by atoms with Gasteiger partial charge in [-0.15, -0.1) is 0 Å². The average molecular weight is 1300 g/mol. The van der Waals surface area contributed by atoms with Crippen LogP contribution in [0.1, 0.15) is 73.2 Å². The highest BCUT2D eigenvalue weighted by atomic mass is 16.6. The number of nitrogen functional groups attached to an aromatic ring is 1. The van der Waals surface area contributed by atoms with Crippen LogP contribution in [0.5, 0.6) is 11.5 Å². The minimum atomic E-state index is -0.740. The van der Waals surface area contributed by atoms with Crippen molar-refractivity contribution in [2.75, 3.05) is 151 Å². The normalized spacial score (nSPS) is 15.5. The molecule has 0 spiro atoms. The average Bonchev–Trinajstić information content (AvgIpc) is 1.06. The maximum Gasteiger partial charge on any atom is 0.567 e. The number of anilines is 1. The minimum Gasteiger partial charge on any atom is -0.560 e. The summed E-state index contributed by atoms with van der Waals surface area (Å²) in [4.78, 5) is 128. The first kappa shape index (κ1) is 71.6. The Kier molecular flexibility index (Phi) is 27.9. The molecule has 0 aliphatic carbocycles. The van der Waals surface area contributed by atoms with E-state index in [9.17, 15) is 53.9 Å². The number of quaternary nitrogens is 1. The molecule has 6 amide bonds. The summed E-state index contributed by atoms with van der Waals surface area (Å²) in [5.74, 6) is -2.65. The highest BCUT2D eigenvalue weighted by Gasteiger charge is 2.31. The summed E-state index contributed by atoms with van der Waals surface area (Å²) in [6.45, 7) is 14.7. The third-order valence-electron chi connectivity index (χ3n) is 15.5. The van der Waals surface area contributed by atoms with E-state index in [0.717, 1.165) is 58.4 Å². The highest BCUT2D eigenvalue weighted by molar-refractivity contribution is 6.00. The molecular weight excluding hydrogens is 1220 g/mol. The van der Waals surface area contributed by atoms with Gasteiger partial charge in [-0.3, -0.25) is 63.7 Å². The fourth-order valence-corrected chi connectivity index (χ4v) is 10.0. The number of hydrogen-bond donors (Lipinski definition) is 5. The van der Waals surface area contributed by atoms with Gasteiger partial charge in [0.1, 0.15) is 22.8 Å².